The van der Waals surface area contributed by atoms with Gasteiger partial charge in [-0.2, -0.15) is 5.26 Å². The number of rotatable bonds is 6. The van der Waals surface area contributed by atoms with E-state index < -0.39 is 17.6 Å². The summed E-state index contributed by atoms with van der Waals surface area (Å²) in [6.07, 6.45) is 0.265. The van der Waals surface area contributed by atoms with Gasteiger partial charge >= 0.3 is 0 Å². The summed E-state index contributed by atoms with van der Waals surface area (Å²) >= 11 is 0. The number of fused-ring (bicyclic) bond motifs is 1. The van der Waals surface area contributed by atoms with Gasteiger partial charge in [0.25, 0.3) is 5.56 Å². The van der Waals surface area contributed by atoms with E-state index in [1.807, 2.05) is 39.0 Å². The van der Waals surface area contributed by atoms with Gasteiger partial charge in [0.1, 0.15) is 6.04 Å². The molecule has 2 aromatic rings. The molecule has 2 heterocycles. The van der Waals surface area contributed by atoms with Gasteiger partial charge in [-0.1, -0.05) is 11.6 Å². The number of likely N-dealkylation sites (tertiary alicyclic amines) is 1. The van der Waals surface area contributed by atoms with E-state index in [9.17, 15) is 20.0 Å². The molecule has 0 bridgehead atoms. The second kappa shape index (κ2) is 8.56. The van der Waals surface area contributed by atoms with E-state index in [0.29, 0.717) is 12.0 Å². The smallest absolute Gasteiger partial charge is 0.251 e. The highest BCUT2D eigenvalue weighted by atomic mass is 16.5. The van der Waals surface area contributed by atoms with Gasteiger partial charge in [-0.05, 0) is 50.8 Å². The molecule has 1 aliphatic rings. The molecule has 1 aromatic carbocycles. The highest BCUT2D eigenvalue weighted by Gasteiger charge is 2.50. The third-order valence-corrected chi connectivity index (χ3v) is 6.05. The van der Waals surface area contributed by atoms with Crippen LogP contribution < -0.4 is 10.9 Å². The van der Waals surface area contributed by atoms with Crippen LogP contribution in [0.1, 0.15) is 31.4 Å². The van der Waals surface area contributed by atoms with Crippen LogP contribution in [-0.4, -0.2) is 58.5 Å². The summed E-state index contributed by atoms with van der Waals surface area (Å²) in [6, 6.07) is 8.06. The number of aryl methyl sites for hydroxylation is 1. The molecule has 1 aromatic heterocycles. The number of benzene rings is 1. The van der Waals surface area contributed by atoms with E-state index in [1.54, 1.807) is 18.1 Å². The Bertz CT molecular complexity index is 1040. The van der Waals surface area contributed by atoms with E-state index in [0.717, 1.165) is 16.5 Å². The van der Waals surface area contributed by atoms with E-state index >= 15 is 0 Å². The number of hydrogen-bond donors (Lipinski definition) is 3. The lowest BCUT2D eigenvalue weighted by Crippen LogP contribution is -2.53. The van der Waals surface area contributed by atoms with E-state index in [-0.39, 0.29) is 30.7 Å². The van der Waals surface area contributed by atoms with Crippen LogP contribution >= 0.6 is 0 Å². The van der Waals surface area contributed by atoms with Crippen LogP contribution in [0.5, 0.6) is 0 Å². The van der Waals surface area contributed by atoms with Crippen LogP contribution in [0.25, 0.3) is 10.9 Å². The Balaban J connectivity index is 1.78. The maximum absolute atomic E-state index is 12.9. The highest BCUT2D eigenvalue weighted by Crippen LogP contribution is 2.35. The molecular formula is C22H28N4O4. The molecule has 160 valence electrons. The summed E-state index contributed by atoms with van der Waals surface area (Å²) in [5.74, 6) is -0.365. The van der Waals surface area contributed by atoms with Crippen molar-refractivity contribution < 1.29 is 14.6 Å². The third kappa shape index (κ3) is 4.10. The molecule has 0 radical (unpaired) electrons. The number of ether oxygens (including phenoxy) is 1. The van der Waals surface area contributed by atoms with Gasteiger partial charge in [-0.25, -0.2) is 0 Å². The number of nitrogens with one attached hydrogen (secondary N) is 2. The Morgan fingerprint density at radius 1 is 1.47 bits per heavy atom. The Hall–Kier alpha value is -2.73. The van der Waals surface area contributed by atoms with Crippen LogP contribution in [0, 0.1) is 18.3 Å². The maximum Gasteiger partial charge on any atom is 0.251 e. The lowest BCUT2D eigenvalue weighted by molar-refractivity contribution is -0.129. The molecule has 1 fully saturated rings. The number of aliphatic hydroxyl groups excluding tert-OH is 1. The molecule has 3 atom stereocenters. The summed E-state index contributed by atoms with van der Waals surface area (Å²) in [5.41, 5.74) is 1.41. The van der Waals surface area contributed by atoms with Gasteiger partial charge in [-0.3, -0.25) is 14.5 Å². The number of aromatic amines is 1. The largest absolute Gasteiger partial charge is 0.381 e. The van der Waals surface area contributed by atoms with Gasteiger partial charge in [0.05, 0.1) is 24.9 Å². The summed E-state index contributed by atoms with van der Waals surface area (Å²) in [7, 11) is 1.58. The van der Waals surface area contributed by atoms with E-state index in [4.69, 9.17) is 4.74 Å². The molecule has 1 aliphatic heterocycles. The molecular weight excluding hydrogens is 384 g/mol. The molecule has 1 amide bonds. The molecule has 8 heteroatoms. The fourth-order valence-corrected chi connectivity index (χ4v) is 4.26. The van der Waals surface area contributed by atoms with Gasteiger partial charge < -0.3 is 20.1 Å². The summed E-state index contributed by atoms with van der Waals surface area (Å²) in [6.45, 7) is 5.48. The molecule has 1 saturated heterocycles. The molecule has 1 unspecified atom stereocenters. The number of aromatic nitrogens is 1. The first-order chi connectivity index (χ1) is 14.2. The zero-order valence-electron chi connectivity index (χ0n) is 17.7. The Morgan fingerprint density at radius 2 is 2.20 bits per heavy atom. The third-order valence-electron chi connectivity index (χ3n) is 6.05. The molecule has 3 N–H and O–H groups in total. The van der Waals surface area contributed by atoms with Crippen molar-refractivity contribution >= 4 is 16.8 Å². The SMILES string of the molecule is CO[C@@H]1CC(C(=O)N[C@H](C#N)Cc2cc3cc(C)ccc3[nH]c2=O)N(CO)C1(C)C. The van der Waals surface area contributed by atoms with Gasteiger partial charge in [0, 0.05) is 30.1 Å². The van der Waals surface area contributed by atoms with E-state index in [1.165, 1.54) is 0 Å². The van der Waals surface area contributed by atoms with Crippen LogP contribution in [0.4, 0.5) is 0 Å². The number of aliphatic hydroxyl groups is 1. The number of nitrogens with zero attached hydrogens (tertiary/aromatic N) is 2. The molecule has 8 nitrogen and oxygen atoms in total. The zero-order chi connectivity index (χ0) is 22.1. The predicted molar refractivity (Wildman–Crippen MR) is 113 cm³/mol. The summed E-state index contributed by atoms with van der Waals surface area (Å²) < 4.78 is 5.49. The van der Waals surface area contributed by atoms with Crippen molar-refractivity contribution in [1.82, 2.24) is 15.2 Å². The average Bonchev–Trinajstić information content (AvgIpc) is 2.97. The highest BCUT2D eigenvalue weighted by molar-refractivity contribution is 5.83. The number of methoxy groups -OCH3 is 1. The number of hydrogen-bond acceptors (Lipinski definition) is 6. The predicted octanol–water partition coefficient (Wildman–Crippen LogP) is 1.21. The fraction of sp³-hybridized carbons (Fsp3) is 0.500. The first kappa shape index (κ1) is 22.0. The van der Waals surface area contributed by atoms with Crippen LogP contribution in [0.15, 0.2) is 29.1 Å². The maximum atomic E-state index is 12.9. The van der Waals surface area contributed by atoms with Crippen molar-refractivity contribution in [1.29, 1.82) is 5.26 Å². The van der Waals surface area contributed by atoms with Crippen molar-refractivity contribution in [3.63, 3.8) is 0 Å². The minimum absolute atomic E-state index is 0.0877. The summed E-state index contributed by atoms with van der Waals surface area (Å²) in [5, 5.41) is 23.0. The van der Waals surface area contributed by atoms with Crippen molar-refractivity contribution in [2.75, 3.05) is 13.8 Å². The van der Waals surface area contributed by atoms with Gasteiger partial charge in [-0.15, -0.1) is 0 Å². The topological polar surface area (TPSA) is 118 Å². The minimum atomic E-state index is -0.869. The summed E-state index contributed by atoms with van der Waals surface area (Å²) in [4.78, 5) is 29.8. The number of H-pyrrole nitrogens is 1. The molecule has 0 aliphatic carbocycles. The Labute approximate surface area is 175 Å². The monoisotopic (exact) mass is 412 g/mol. The number of carbonyl (C=O) groups is 1. The Morgan fingerprint density at radius 3 is 2.83 bits per heavy atom. The molecule has 3 rings (SSSR count). The number of amides is 1. The lowest BCUT2D eigenvalue weighted by atomic mass is 9.98. The number of carbonyl (C=O) groups excluding carboxylic acids is 1. The van der Waals surface area contributed by atoms with Crippen LogP contribution in [0.2, 0.25) is 0 Å². The normalized spacial score (nSPS) is 22.0. The van der Waals surface area contributed by atoms with Crippen LogP contribution in [0.3, 0.4) is 0 Å². The average molecular weight is 412 g/mol. The van der Waals surface area contributed by atoms with E-state index in [2.05, 4.69) is 16.4 Å². The van der Waals surface area contributed by atoms with Crippen molar-refractivity contribution in [3.05, 3.63) is 45.7 Å². The standard InChI is InChI=1S/C22H28N4O4/c1-13-5-6-17-14(7-13)8-15(20(28)25-17)9-16(11-23)24-21(29)18-10-19(30-4)22(2,3)26(18)12-27/h5-8,16,18-19,27H,9-10,12H2,1-4H3,(H,24,29)(H,25,28)/t16-,18?,19+/m0/s1. The number of nitriles is 1. The quantitative estimate of drug-likeness (QED) is 0.656. The van der Waals surface area contributed by atoms with Crippen molar-refractivity contribution in [2.45, 2.75) is 57.3 Å². The van der Waals surface area contributed by atoms with Crippen LogP contribution in [-0.2, 0) is 16.0 Å². The first-order valence-electron chi connectivity index (χ1n) is 9.94. The second-order valence-corrected chi connectivity index (χ2v) is 8.35. The minimum Gasteiger partial charge on any atom is -0.381 e. The number of pyridine rings is 1. The molecule has 30 heavy (non-hydrogen) atoms. The molecule has 0 saturated carbocycles. The zero-order valence-corrected chi connectivity index (χ0v) is 17.7. The van der Waals surface area contributed by atoms with Crippen molar-refractivity contribution in [2.24, 2.45) is 0 Å². The van der Waals surface area contributed by atoms with Crippen molar-refractivity contribution in [3.8, 4) is 6.07 Å². The van der Waals surface area contributed by atoms with Gasteiger partial charge in [0.2, 0.25) is 5.91 Å². The lowest BCUT2D eigenvalue weighted by Gasteiger charge is -2.35. The Kier molecular flexibility index (Phi) is 6.27. The first-order valence-corrected chi connectivity index (χ1v) is 9.94. The fourth-order valence-electron chi connectivity index (χ4n) is 4.26. The second-order valence-electron chi connectivity index (χ2n) is 8.35. The van der Waals surface area contributed by atoms with Gasteiger partial charge in [0.15, 0.2) is 0 Å². The molecule has 0 spiro atoms.